The predicted molar refractivity (Wildman–Crippen MR) is 105 cm³/mol. The highest BCUT2D eigenvalue weighted by atomic mass is 16.5. The monoisotopic (exact) mass is 390 g/mol. The van der Waals surface area contributed by atoms with Crippen molar-refractivity contribution in [3.8, 4) is 17.7 Å². The zero-order valence-corrected chi connectivity index (χ0v) is 15.8. The summed E-state index contributed by atoms with van der Waals surface area (Å²) in [6.45, 7) is 3.11. The van der Waals surface area contributed by atoms with Gasteiger partial charge in [-0.05, 0) is 32.0 Å². The molecule has 146 valence electrons. The van der Waals surface area contributed by atoms with Gasteiger partial charge in [-0.25, -0.2) is 9.67 Å². The first-order chi connectivity index (χ1) is 13.9. The van der Waals surface area contributed by atoms with Crippen LogP contribution in [0.4, 0.5) is 5.95 Å². The Hall–Kier alpha value is -3.74. The summed E-state index contributed by atoms with van der Waals surface area (Å²) >= 11 is 0. The number of nitrogen functional groups attached to an aromatic ring is 1. The van der Waals surface area contributed by atoms with Gasteiger partial charge in [-0.3, -0.25) is 0 Å². The van der Waals surface area contributed by atoms with Crippen LogP contribution in [0.3, 0.4) is 0 Å². The molecule has 29 heavy (non-hydrogen) atoms. The van der Waals surface area contributed by atoms with Gasteiger partial charge in [0.1, 0.15) is 12.3 Å². The summed E-state index contributed by atoms with van der Waals surface area (Å²) in [5.41, 5.74) is 6.70. The molecular weight excluding hydrogens is 372 g/mol. The summed E-state index contributed by atoms with van der Waals surface area (Å²) < 4.78 is 6.60. The molecule has 1 atom stereocenters. The van der Waals surface area contributed by atoms with Gasteiger partial charge in [0, 0.05) is 29.3 Å². The Morgan fingerprint density at radius 1 is 1.28 bits per heavy atom. The lowest BCUT2D eigenvalue weighted by Gasteiger charge is -2.11. The molecule has 0 aliphatic rings. The van der Waals surface area contributed by atoms with Crippen LogP contribution < -0.4 is 5.73 Å². The minimum atomic E-state index is -1.54. The number of nitrogens with zero attached hydrogens (tertiary/aromatic N) is 5. The van der Waals surface area contributed by atoms with E-state index < -0.39 is 5.60 Å². The van der Waals surface area contributed by atoms with Crippen molar-refractivity contribution in [2.24, 2.45) is 0 Å². The number of rotatable bonds is 3. The molecule has 0 saturated heterocycles. The Morgan fingerprint density at radius 3 is 2.83 bits per heavy atom. The van der Waals surface area contributed by atoms with Gasteiger partial charge in [-0.15, -0.1) is 0 Å². The second-order valence-corrected chi connectivity index (χ2v) is 6.66. The zero-order valence-electron chi connectivity index (χ0n) is 15.8. The molecule has 0 aliphatic heterocycles. The molecule has 3 heterocycles. The molecule has 0 saturated carbocycles. The van der Waals surface area contributed by atoms with Crippen molar-refractivity contribution in [3.63, 3.8) is 0 Å². The molecule has 0 aliphatic carbocycles. The topological polar surface area (TPSA) is 136 Å². The van der Waals surface area contributed by atoms with E-state index in [2.05, 4.69) is 32.1 Å². The van der Waals surface area contributed by atoms with Crippen molar-refractivity contribution in [2.45, 2.75) is 26.1 Å². The molecule has 4 N–H and O–H groups in total. The average Bonchev–Trinajstić information content (AvgIpc) is 3.32. The van der Waals surface area contributed by atoms with E-state index >= 15 is 0 Å². The fourth-order valence-electron chi connectivity index (χ4n) is 2.88. The Bertz CT molecular complexity index is 1260. The summed E-state index contributed by atoms with van der Waals surface area (Å²) in [5.74, 6) is 6.72. The van der Waals surface area contributed by atoms with E-state index in [1.54, 1.807) is 16.9 Å². The molecule has 0 amide bonds. The molecule has 9 nitrogen and oxygen atoms in total. The summed E-state index contributed by atoms with van der Waals surface area (Å²) in [4.78, 5) is 8.13. The lowest BCUT2D eigenvalue weighted by atomic mass is 10.0. The number of aromatic nitrogens is 5. The highest BCUT2D eigenvalue weighted by molar-refractivity contribution is 5.84. The van der Waals surface area contributed by atoms with E-state index in [1.165, 1.54) is 13.0 Å². The van der Waals surface area contributed by atoms with Crippen LogP contribution in [0.2, 0.25) is 0 Å². The Labute approximate surface area is 165 Å². The van der Waals surface area contributed by atoms with Crippen molar-refractivity contribution in [2.75, 3.05) is 5.73 Å². The van der Waals surface area contributed by atoms with Gasteiger partial charge in [0.05, 0.1) is 11.2 Å². The molecule has 0 radical (unpaired) electrons. The van der Waals surface area contributed by atoms with Crippen LogP contribution in [0.15, 0.2) is 41.1 Å². The van der Waals surface area contributed by atoms with Gasteiger partial charge in [-0.1, -0.05) is 17.0 Å². The number of nitrogens with two attached hydrogens (primary N) is 1. The van der Waals surface area contributed by atoms with Gasteiger partial charge >= 0.3 is 0 Å². The van der Waals surface area contributed by atoms with E-state index in [9.17, 15) is 5.11 Å². The number of benzene rings is 1. The molecule has 1 aromatic carbocycles. The molecule has 3 aromatic heterocycles. The van der Waals surface area contributed by atoms with Crippen molar-refractivity contribution < 1.29 is 14.7 Å². The van der Waals surface area contributed by atoms with Crippen LogP contribution in [0.25, 0.3) is 16.7 Å². The standard InChI is InChI=1S/C20H18N6O3/c1-12-15-4-3-13(5-7-20(2,28)17-10-14(11-27)29-25-17)9-16(15)26(24-12)18-6-8-22-19(21)23-18/h3-4,6,8-10,27-28H,11H2,1-2H3,(H2,21,22,23). The van der Waals surface area contributed by atoms with Gasteiger partial charge in [0.25, 0.3) is 0 Å². The van der Waals surface area contributed by atoms with E-state index in [0.717, 1.165) is 16.6 Å². The van der Waals surface area contributed by atoms with E-state index in [0.29, 0.717) is 11.4 Å². The predicted octanol–water partition coefficient (Wildman–Crippen LogP) is 1.45. The lowest BCUT2D eigenvalue weighted by molar-refractivity contribution is 0.112. The summed E-state index contributed by atoms with van der Waals surface area (Å²) in [5, 5.41) is 28.9. The number of aliphatic hydroxyl groups is 2. The smallest absolute Gasteiger partial charge is 0.221 e. The minimum absolute atomic E-state index is 0.158. The molecule has 4 aromatic rings. The normalized spacial score (nSPS) is 13.1. The second kappa shape index (κ2) is 7.01. The molecule has 0 fully saturated rings. The highest BCUT2D eigenvalue weighted by Crippen LogP contribution is 2.23. The van der Waals surface area contributed by atoms with Gasteiger partial charge in [0.2, 0.25) is 5.95 Å². The number of hydrogen-bond donors (Lipinski definition) is 3. The Morgan fingerprint density at radius 2 is 2.10 bits per heavy atom. The van der Waals surface area contributed by atoms with Crippen LogP contribution in [0.1, 0.15) is 29.6 Å². The number of fused-ring (bicyclic) bond motifs is 1. The minimum Gasteiger partial charge on any atom is -0.388 e. The Balaban J connectivity index is 1.75. The third kappa shape index (κ3) is 3.54. The largest absolute Gasteiger partial charge is 0.388 e. The summed E-state index contributed by atoms with van der Waals surface area (Å²) in [6, 6.07) is 8.81. The maximum Gasteiger partial charge on any atom is 0.221 e. The van der Waals surface area contributed by atoms with Crippen LogP contribution in [-0.4, -0.2) is 35.1 Å². The van der Waals surface area contributed by atoms with Crippen LogP contribution in [-0.2, 0) is 12.2 Å². The Kier molecular flexibility index (Phi) is 4.50. The van der Waals surface area contributed by atoms with E-state index in [1.807, 2.05) is 25.1 Å². The van der Waals surface area contributed by atoms with Crippen molar-refractivity contribution in [1.29, 1.82) is 0 Å². The second-order valence-electron chi connectivity index (χ2n) is 6.66. The maximum atomic E-state index is 10.6. The van der Waals surface area contributed by atoms with Gasteiger partial charge in [0.15, 0.2) is 17.2 Å². The first kappa shape index (κ1) is 18.6. The first-order valence-corrected chi connectivity index (χ1v) is 8.78. The van der Waals surface area contributed by atoms with Crippen LogP contribution >= 0.6 is 0 Å². The van der Waals surface area contributed by atoms with Crippen LogP contribution in [0.5, 0.6) is 0 Å². The summed E-state index contributed by atoms with van der Waals surface area (Å²) in [7, 11) is 0. The number of aryl methyl sites for hydroxylation is 1. The maximum absolute atomic E-state index is 10.6. The fourth-order valence-corrected chi connectivity index (χ4v) is 2.88. The van der Waals surface area contributed by atoms with Crippen molar-refractivity contribution in [3.05, 3.63) is 59.2 Å². The average molecular weight is 390 g/mol. The van der Waals surface area contributed by atoms with Crippen molar-refractivity contribution >= 4 is 16.9 Å². The van der Waals surface area contributed by atoms with Crippen molar-refractivity contribution in [1.82, 2.24) is 24.9 Å². The molecule has 1 unspecified atom stereocenters. The number of anilines is 1. The van der Waals surface area contributed by atoms with Crippen LogP contribution in [0, 0.1) is 18.8 Å². The first-order valence-electron chi connectivity index (χ1n) is 8.78. The molecule has 0 bridgehead atoms. The lowest BCUT2D eigenvalue weighted by Crippen LogP contribution is -2.18. The zero-order chi connectivity index (χ0) is 20.6. The van der Waals surface area contributed by atoms with E-state index in [-0.39, 0.29) is 24.0 Å². The molecular formula is C20H18N6O3. The fraction of sp³-hybridized carbons (Fsp3) is 0.200. The highest BCUT2D eigenvalue weighted by Gasteiger charge is 2.25. The third-order valence-corrected chi connectivity index (χ3v) is 4.41. The quantitative estimate of drug-likeness (QED) is 0.447. The number of aliphatic hydroxyl groups excluding tert-OH is 1. The van der Waals surface area contributed by atoms with Gasteiger partial charge < -0.3 is 20.5 Å². The number of hydrogen-bond acceptors (Lipinski definition) is 8. The molecule has 0 spiro atoms. The van der Waals surface area contributed by atoms with Gasteiger partial charge in [-0.2, -0.15) is 10.1 Å². The molecule has 4 rings (SSSR count). The third-order valence-electron chi connectivity index (χ3n) is 4.41. The van der Waals surface area contributed by atoms with E-state index in [4.69, 9.17) is 15.4 Å². The summed E-state index contributed by atoms with van der Waals surface area (Å²) in [6.07, 6.45) is 1.57. The molecule has 9 heteroatoms. The SMILES string of the molecule is Cc1nn(-c2ccnc(N)n2)c2cc(C#CC(C)(O)c3cc(CO)on3)ccc12.